The van der Waals surface area contributed by atoms with E-state index < -0.39 is 0 Å². The van der Waals surface area contributed by atoms with Gasteiger partial charge in [0.25, 0.3) is 0 Å². The second kappa shape index (κ2) is 7.14. The van der Waals surface area contributed by atoms with Gasteiger partial charge < -0.3 is 19.7 Å². The van der Waals surface area contributed by atoms with Crippen LogP contribution in [0.2, 0.25) is 0 Å². The fourth-order valence-electron chi connectivity index (χ4n) is 3.21. The van der Waals surface area contributed by atoms with Gasteiger partial charge in [-0.25, -0.2) is 0 Å². The summed E-state index contributed by atoms with van der Waals surface area (Å²) in [6.07, 6.45) is 2.33. The maximum absolute atomic E-state index is 5.45. The van der Waals surface area contributed by atoms with Gasteiger partial charge in [-0.1, -0.05) is 6.07 Å². The van der Waals surface area contributed by atoms with Gasteiger partial charge in [-0.05, 0) is 43.9 Å². The molecule has 0 aliphatic carbocycles. The lowest BCUT2D eigenvalue weighted by Gasteiger charge is -2.31. The molecule has 1 aromatic rings. The lowest BCUT2D eigenvalue weighted by atomic mass is 9.93. The topological polar surface area (TPSA) is 33.7 Å². The first-order valence-electron chi connectivity index (χ1n) is 8.10. The Morgan fingerprint density at radius 1 is 1.10 bits per heavy atom. The Kier molecular flexibility index (Phi) is 4.99. The number of nitrogens with one attached hydrogen (secondary N) is 1. The monoisotopic (exact) mass is 290 g/mol. The predicted octanol–water partition coefficient (Wildman–Crippen LogP) is 2.75. The van der Waals surface area contributed by atoms with Gasteiger partial charge in [0.1, 0.15) is 0 Å². The van der Waals surface area contributed by atoms with Gasteiger partial charge in [-0.3, -0.25) is 0 Å². The summed E-state index contributed by atoms with van der Waals surface area (Å²) in [5.41, 5.74) is 2.51. The minimum Gasteiger partial charge on any atom is -0.382 e. The van der Waals surface area contributed by atoms with Gasteiger partial charge in [0.15, 0.2) is 0 Å². The highest BCUT2D eigenvalue weighted by Crippen LogP contribution is 2.25. The molecular weight excluding hydrogens is 264 g/mol. The lowest BCUT2D eigenvalue weighted by molar-refractivity contribution is 0.0622. The van der Waals surface area contributed by atoms with E-state index in [1.807, 2.05) is 0 Å². The second-order valence-corrected chi connectivity index (χ2v) is 6.03. The quantitative estimate of drug-likeness (QED) is 0.924. The molecule has 4 nitrogen and oxygen atoms in total. The number of benzene rings is 1. The van der Waals surface area contributed by atoms with Crippen LogP contribution >= 0.6 is 0 Å². The van der Waals surface area contributed by atoms with Crippen LogP contribution in [0.3, 0.4) is 0 Å². The van der Waals surface area contributed by atoms with E-state index >= 15 is 0 Å². The Balaban J connectivity index is 1.62. The number of nitrogens with zero attached hydrogens (tertiary/aromatic N) is 1. The average Bonchev–Trinajstić information content (AvgIpc) is 2.57. The van der Waals surface area contributed by atoms with Crippen molar-refractivity contribution in [3.63, 3.8) is 0 Å². The summed E-state index contributed by atoms with van der Waals surface area (Å²) < 4.78 is 10.9. The number of morpholine rings is 1. The highest BCUT2D eigenvalue weighted by atomic mass is 16.5. The van der Waals surface area contributed by atoms with E-state index in [4.69, 9.17) is 9.47 Å². The van der Waals surface area contributed by atoms with E-state index in [9.17, 15) is 0 Å². The van der Waals surface area contributed by atoms with E-state index in [1.54, 1.807) is 0 Å². The maximum atomic E-state index is 5.45. The summed E-state index contributed by atoms with van der Waals surface area (Å²) in [6, 6.07) is 9.26. The van der Waals surface area contributed by atoms with Gasteiger partial charge in [0, 0.05) is 43.7 Å². The van der Waals surface area contributed by atoms with Crippen LogP contribution in [-0.2, 0) is 9.47 Å². The Bertz CT molecular complexity index is 440. The summed E-state index contributed by atoms with van der Waals surface area (Å²) in [5, 5.41) is 3.68. The molecule has 116 valence electrons. The van der Waals surface area contributed by atoms with Crippen LogP contribution < -0.4 is 10.2 Å². The van der Waals surface area contributed by atoms with Crippen molar-refractivity contribution in [2.45, 2.75) is 25.8 Å². The normalized spacial score (nSPS) is 22.0. The van der Waals surface area contributed by atoms with Gasteiger partial charge >= 0.3 is 0 Å². The Morgan fingerprint density at radius 3 is 2.57 bits per heavy atom. The molecule has 1 aromatic carbocycles. The van der Waals surface area contributed by atoms with Crippen LogP contribution in [0.15, 0.2) is 24.3 Å². The first-order valence-corrected chi connectivity index (χ1v) is 8.10. The van der Waals surface area contributed by atoms with Gasteiger partial charge in [0.2, 0.25) is 0 Å². The zero-order valence-corrected chi connectivity index (χ0v) is 12.9. The van der Waals surface area contributed by atoms with Crippen molar-refractivity contribution >= 4 is 11.4 Å². The van der Waals surface area contributed by atoms with Crippen LogP contribution in [0.4, 0.5) is 11.4 Å². The second-order valence-electron chi connectivity index (χ2n) is 6.03. The molecule has 1 atom stereocenters. The molecule has 21 heavy (non-hydrogen) atoms. The summed E-state index contributed by atoms with van der Waals surface area (Å²) in [6.45, 7) is 7.73. The highest BCUT2D eigenvalue weighted by molar-refractivity contribution is 5.58. The minimum absolute atomic E-state index is 0.494. The third kappa shape index (κ3) is 3.89. The molecule has 3 rings (SSSR count). The SMILES string of the molecule is CC(Nc1cccc(N2CCOCC2)c1)C1CCOCC1. The molecule has 0 spiro atoms. The summed E-state index contributed by atoms with van der Waals surface area (Å²) in [4.78, 5) is 2.40. The fourth-order valence-corrected chi connectivity index (χ4v) is 3.21. The molecular formula is C17H26N2O2. The summed E-state index contributed by atoms with van der Waals surface area (Å²) in [7, 11) is 0. The smallest absolute Gasteiger partial charge is 0.0642 e. The summed E-state index contributed by atoms with van der Waals surface area (Å²) >= 11 is 0. The highest BCUT2D eigenvalue weighted by Gasteiger charge is 2.20. The number of hydrogen-bond donors (Lipinski definition) is 1. The van der Waals surface area contributed by atoms with E-state index in [1.165, 1.54) is 11.4 Å². The average molecular weight is 290 g/mol. The van der Waals surface area contributed by atoms with Crippen LogP contribution in [0.25, 0.3) is 0 Å². The number of hydrogen-bond acceptors (Lipinski definition) is 4. The first-order chi connectivity index (χ1) is 10.3. The molecule has 0 amide bonds. The van der Waals surface area contributed by atoms with Crippen molar-refractivity contribution in [2.24, 2.45) is 5.92 Å². The number of ether oxygens (including phenoxy) is 2. The molecule has 0 radical (unpaired) electrons. The Morgan fingerprint density at radius 2 is 1.81 bits per heavy atom. The predicted molar refractivity (Wildman–Crippen MR) is 86.1 cm³/mol. The molecule has 2 aliphatic rings. The maximum Gasteiger partial charge on any atom is 0.0642 e. The molecule has 0 saturated carbocycles. The van der Waals surface area contributed by atoms with Crippen molar-refractivity contribution in [2.75, 3.05) is 49.7 Å². The molecule has 2 saturated heterocycles. The van der Waals surface area contributed by atoms with Crippen LogP contribution in [0.5, 0.6) is 0 Å². The molecule has 0 aromatic heterocycles. The van der Waals surface area contributed by atoms with E-state index in [0.29, 0.717) is 12.0 Å². The molecule has 2 fully saturated rings. The zero-order valence-electron chi connectivity index (χ0n) is 12.9. The third-order valence-corrected chi connectivity index (χ3v) is 4.59. The number of anilines is 2. The molecule has 1 N–H and O–H groups in total. The van der Waals surface area contributed by atoms with E-state index in [2.05, 4.69) is 41.4 Å². The fraction of sp³-hybridized carbons (Fsp3) is 0.647. The van der Waals surface area contributed by atoms with E-state index in [-0.39, 0.29) is 0 Å². The van der Waals surface area contributed by atoms with Gasteiger partial charge in [-0.15, -0.1) is 0 Å². The van der Waals surface area contributed by atoms with Crippen molar-refractivity contribution in [3.05, 3.63) is 24.3 Å². The minimum atomic E-state index is 0.494. The van der Waals surface area contributed by atoms with Crippen molar-refractivity contribution in [1.29, 1.82) is 0 Å². The molecule has 0 bridgehead atoms. The van der Waals surface area contributed by atoms with Crippen molar-refractivity contribution < 1.29 is 9.47 Å². The first kappa shape index (κ1) is 14.7. The summed E-state index contributed by atoms with van der Waals surface area (Å²) in [5.74, 6) is 0.714. The van der Waals surface area contributed by atoms with Crippen LogP contribution in [-0.4, -0.2) is 45.6 Å². The van der Waals surface area contributed by atoms with Crippen molar-refractivity contribution in [3.8, 4) is 0 Å². The van der Waals surface area contributed by atoms with Gasteiger partial charge in [0.05, 0.1) is 13.2 Å². The van der Waals surface area contributed by atoms with Crippen LogP contribution in [0.1, 0.15) is 19.8 Å². The van der Waals surface area contributed by atoms with Crippen LogP contribution in [0, 0.1) is 5.92 Å². The van der Waals surface area contributed by atoms with Gasteiger partial charge in [-0.2, -0.15) is 0 Å². The molecule has 2 aliphatic heterocycles. The molecule has 2 heterocycles. The largest absolute Gasteiger partial charge is 0.382 e. The van der Waals surface area contributed by atoms with E-state index in [0.717, 1.165) is 52.4 Å². The molecule has 4 heteroatoms. The third-order valence-electron chi connectivity index (χ3n) is 4.59. The lowest BCUT2D eigenvalue weighted by Crippen LogP contribution is -2.36. The zero-order chi connectivity index (χ0) is 14.5. The number of rotatable bonds is 4. The standard InChI is InChI=1S/C17H26N2O2/c1-14(15-5-9-20-10-6-15)18-16-3-2-4-17(13-16)19-7-11-21-12-8-19/h2-4,13-15,18H,5-12H2,1H3. The molecule has 1 unspecified atom stereocenters. The van der Waals surface area contributed by atoms with Crippen molar-refractivity contribution in [1.82, 2.24) is 0 Å². The Hall–Kier alpha value is -1.26. The Labute approximate surface area is 127 Å².